The number of nitrogens with zero attached hydrogens (tertiary/aromatic N) is 3. The zero-order chi connectivity index (χ0) is 22.9. The summed E-state index contributed by atoms with van der Waals surface area (Å²) in [7, 11) is -1.40. The van der Waals surface area contributed by atoms with Gasteiger partial charge in [0.25, 0.3) is 5.91 Å². The SMILES string of the molecule is Cn1ncc2cc(C(N)=O)c(Oc3ccc(OCCCN4CCCS4(=O)=O)cc3F)cc21. The van der Waals surface area contributed by atoms with Crippen LogP contribution < -0.4 is 15.2 Å². The lowest BCUT2D eigenvalue weighted by molar-refractivity contribution is 0.0998. The van der Waals surface area contributed by atoms with E-state index >= 15 is 0 Å². The Hall–Kier alpha value is -3.18. The number of benzene rings is 2. The predicted molar refractivity (Wildman–Crippen MR) is 116 cm³/mol. The number of amides is 1. The molecule has 1 saturated heterocycles. The Kier molecular flexibility index (Phi) is 6.02. The molecule has 2 aromatic carbocycles. The molecule has 0 saturated carbocycles. The molecule has 32 heavy (non-hydrogen) atoms. The van der Waals surface area contributed by atoms with Crippen molar-refractivity contribution >= 4 is 26.8 Å². The van der Waals surface area contributed by atoms with Gasteiger partial charge in [-0.05, 0) is 31.0 Å². The van der Waals surface area contributed by atoms with E-state index < -0.39 is 21.7 Å². The van der Waals surface area contributed by atoms with E-state index in [1.165, 1.54) is 22.5 Å². The molecule has 1 amide bonds. The van der Waals surface area contributed by atoms with E-state index in [0.717, 1.165) is 0 Å². The highest BCUT2D eigenvalue weighted by Gasteiger charge is 2.27. The highest BCUT2D eigenvalue weighted by atomic mass is 32.2. The van der Waals surface area contributed by atoms with E-state index in [1.807, 2.05) is 0 Å². The molecule has 0 unspecified atom stereocenters. The van der Waals surface area contributed by atoms with Crippen LogP contribution >= 0.6 is 0 Å². The summed E-state index contributed by atoms with van der Waals surface area (Å²) in [5.41, 5.74) is 6.27. The first-order chi connectivity index (χ1) is 15.2. The monoisotopic (exact) mass is 462 g/mol. The minimum absolute atomic E-state index is 0.0930. The summed E-state index contributed by atoms with van der Waals surface area (Å²) in [6.45, 7) is 1.15. The van der Waals surface area contributed by atoms with Crippen molar-refractivity contribution in [3.05, 3.63) is 47.9 Å². The fourth-order valence-corrected chi connectivity index (χ4v) is 5.17. The second-order valence-electron chi connectivity index (χ2n) is 7.50. The van der Waals surface area contributed by atoms with Gasteiger partial charge in [0.15, 0.2) is 11.6 Å². The number of carbonyl (C=O) groups excluding carboxylic acids is 1. The van der Waals surface area contributed by atoms with Crippen molar-refractivity contribution in [1.82, 2.24) is 14.1 Å². The molecule has 1 aliphatic rings. The van der Waals surface area contributed by atoms with Crippen LogP contribution in [0, 0.1) is 5.82 Å². The molecule has 0 spiro atoms. The Morgan fingerprint density at radius 2 is 2.06 bits per heavy atom. The van der Waals surface area contributed by atoms with E-state index in [-0.39, 0.29) is 35.2 Å². The zero-order valence-corrected chi connectivity index (χ0v) is 18.3. The number of rotatable bonds is 8. The van der Waals surface area contributed by atoms with Crippen molar-refractivity contribution in [3.63, 3.8) is 0 Å². The van der Waals surface area contributed by atoms with Crippen molar-refractivity contribution in [2.24, 2.45) is 12.8 Å². The first-order valence-electron chi connectivity index (χ1n) is 10.1. The Labute approximate surface area is 184 Å². The second kappa shape index (κ2) is 8.75. The number of sulfonamides is 1. The van der Waals surface area contributed by atoms with Gasteiger partial charge in [0, 0.05) is 37.7 Å². The maximum atomic E-state index is 14.6. The minimum Gasteiger partial charge on any atom is -0.493 e. The van der Waals surface area contributed by atoms with E-state index in [0.29, 0.717) is 36.8 Å². The molecule has 2 N–H and O–H groups in total. The smallest absolute Gasteiger partial charge is 0.252 e. The van der Waals surface area contributed by atoms with Crippen LogP contribution in [0.4, 0.5) is 4.39 Å². The third-order valence-corrected chi connectivity index (χ3v) is 7.22. The number of fused-ring (bicyclic) bond motifs is 1. The van der Waals surface area contributed by atoms with Crippen molar-refractivity contribution in [1.29, 1.82) is 0 Å². The molecule has 4 rings (SSSR count). The molecule has 1 fully saturated rings. The van der Waals surface area contributed by atoms with Gasteiger partial charge in [0.1, 0.15) is 11.5 Å². The topological polar surface area (TPSA) is 117 Å². The number of primary amides is 1. The Balaban J connectivity index is 1.43. The van der Waals surface area contributed by atoms with Crippen LogP contribution in [0.25, 0.3) is 10.9 Å². The van der Waals surface area contributed by atoms with Gasteiger partial charge < -0.3 is 15.2 Å². The van der Waals surface area contributed by atoms with Crippen LogP contribution in [0.2, 0.25) is 0 Å². The number of aromatic nitrogens is 2. The lowest BCUT2D eigenvalue weighted by Crippen LogP contribution is -2.27. The maximum Gasteiger partial charge on any atom is 0.252 e. The van der Waals surface area contributed by atoms with Crippen LogP contribution in [0.1, 0.15) is 23.2 Å². The van der Waals surface area contributed by atoms with Crippen molar-refractivity contribution in [3.8, 4) is 17.2 Å². The minimum atomic E-state index is -3.13. The molecule has 0 atom stereocenters. The number of ether oxygens (including phenoxy) is 2. The van der Waals surface area contributed by atoms with Crippen molar-refractivity contribution in [2.75, 3.05) is 25.4 Å². The number of carbonyl (C=O) groups is 1. The molecule has 0 radical (unpaired) electrons. The number of nitrogens with two attached hydrogens (primary N) is 1. The van der Waals surface area contributed by atoms with Crippen LogP contribution in [-0.2, 0) is 17.1 Å². The Morgan fingerprint density at radius 1 is 1.25 bits per heavy atom. The molecule has 1 aromatic heterocycles. The molecule has 0 bridgehead atoms. The van der Waals surface area contributed by atoms with Gasteiger partial charge in [-0.25, -0.2) is 17.1 Å². The Morgan fingerprint density at radius 3 is 2.75 bits per heavy atom. The lowest BCUT2D eigenvalue weighted by atomic mass is 10.1. The number of aryl methyl sites for hydroxylation is 1. The molecule has 2 heterocycles. The first kappa shape index (κ1) is 22.0. The summed E-state index contributed by atoms with van der Waals surface area (Å²) >= 11 is 0. The van der Waals surface area contributed by atoms with Gasteiger partial charge in [-0.1, -0.05) is 0 Å². The van der Waals surface area contributed by atoms with Crippen LogP contribution in [0.5, 0.6) is 17.2 Å². The summed E-state index contributed by atoms with van der Waals surface area (Å²) in [5, 5.41) is 4.83. The number of hydrogen-bond acceptors (Lipinski definition) is 6. The highest BCUT2D eigenvalue weighted by Crippen LogP contribution is 2.32. The standard InChI is InChI=1S/C21H23FN4O5S/c1-25-18-12-20(16(21(23)27)10-14(18)13-24-25)31-19-5-4-15(11-17(19)22)30-8-2-6-26-7-3-9-32(26,28)29/h4-5,10-13H,2-3,6-9H2,1H3,(H2,23,27). The fraction of sp³-hybridized carbons (Fsp3) is 0.333. The van der Waals surface area contributed by atoms with Crippen LogP contribution in [-0.4, -0.2) is 53.9 Å². The van der Waals surface area contributed by atoms with Crippen molar-refractivity contribution in [2.45, 2.75) is 12.8 Å². The third-order valence-electron chi connectivity index (χ3n) is 5.26. The van der Waals surface area contributed by atoms with E-state index in [2.05, 4.69) is 5.10 Å². The summed E-state index contributed by atoms with van der Waals surface area (Å²) in [5.74, 6) is -0.879. The van der Waals surface area contributed by atoms with E-state index in [1.54, 1.807) is 30.1 Å². The normalized spacial score (nSPS) is 15.8. The number of hydrogen-bond donors (Lipinski definition) is 1. The second-order valence-corrected chi connectivity index (χ2v) is 9.59. The largest absolute Gasteiger partial charge is 0.493 e. The van der Waals surface area contributed by atoms with Gasteiger partial charge in [-0.2, -0.15) is 5.10 Å². The fourth-order valence-electron chi connectivity index (χ4n) is 3.60. The van der Waals surface area contributed by atoms with E-state index in [9.17, 15) is 17.6 Å². The molecular weight excluding hydrogens is 439 g/mol. The predicted octanol–water partition coefficient (Wildman–Crippen LogP) is 2.41. The lowest BCUT2D eigenvalue weighted by Gasteiger charge is -2.15. The third kappa shape index (κ3) is 4.53. The summed E-state index contributed by atoms with van der Waals surface area (Å²) in [4.78, 5) is 11.8. The van der Waals surface area contributed by atoms with E-state index in [4.69, 9.17) is 15.2 Å². The van der Waals surface area contributed by atoms with Crippen LogP contribution in [0.15, 0.2) is 36.5 Å². The van der Waals surface area contributed by atoms with Crippen molar-refractivity contribution < 1.29 is 27.1 Å². The van der Waals surface area contributed by atoms with Gasteiger partial charge in [-0.15, -0.1) is 0 Å². The molecule has 1 aliphatic heterocycles. The first-order valence-corrected chi connectivity index (χ1v) is 11.7. The summed E-state index contributed by atoms with van der Waals surface area (Å²) in [6.07, 6.45) is 2.73. The van der Waals surface area contributed by atoms with Gasteiger partial charge in [-0.3, -0.25) is 9.48 Å². The molecular formula is C21H23FN4O5S. The number of halogens is 1. The molecule has 3 aromatic rings. The summed E-state index contributed by atoms with van der Waals surface area (Å²) < 4.78 is 52.5. The average Bonchev–Trinajstić information content (AvgIpc) is 3.27. The maximum absolute atomic E-state index is 14.6. The molecule has 170 valence electrons. The molecule has 11 heteroatoms. The molecule has 0 aliphatic carbocycles. The van der Waals surface area contributed by atoms with Gasteiger partial charge >= 0.3 is 0 Å². The molecule has 9 nitrogen and oxygen atoms in total. The zero-order valence-electron chi connectivity index (χ0n) is 17.5. The van der Waals surface area contributed by atoms with Gasteiger partial charge in [0.05, 0.1) is 29.6 Å². The van der Waals surface area contributed by atoms with Gasteiger partial charge in [0.2, 0.25) is 10.0 Å². The highest BCUT2D eigenvalue weighted by molar-refractivity contribution is 7.89. The average molecular weight is 463 g/mol. The quantitative estimate of drug-likeness (QED) is 0.514. The Bertz CT molecular complexity index is 1270. The summed E-state index contributed by atoms with van der Waals surface area (Å²) in [6, 6.07) is 7.24. The van der Waals surface area contributed by atoms with Crippen LogP contribution in [0.3, 0.4) is 0 Å².